The lowest BCUT2D eigenvalue weighted by atomic mass is 9.78. The van der Waals surface area contributed by atoms with Gasteiger partial charge in [0, 0.05) is 25.5 Å². The van der Waals surface area contributed by atoms with Gasteiger partial charge in [-0.25, -0.2) is 4.98 Å². The van der Waals surface area contributed by atoms with Crippen LogP contribution >= 0.6 is 0 Å². The maximum absolute atomic E-state index is 11.9. The van der Waals surface area contributed by atoms with Crippen molar-refractivity contribution in [1.29, 1.82) is 0 Å². The topological polar surface area (TPSA) is 50.9 Å². The molecule has 2 aromatic heterocycles. The molecule has 0 bridgehead atoms. The van der Waals surface area contributed by atoms with Crippen molar-refractivity contribution in [2.45, 2.75) is 79.9 Å². The number of hydrogen-bond acceptors (Lipinski definition) is 3. The Hall–Kier alpha value is -7.04. The first-order valence-corrected chi connectivity index (χ1v) is 21.3. The number of aryl methyl sites for hydroxylation is 3. The molecule has 9 rings (SSSR count). The van der Waals surface area contributed by atoms with Crippen LogP contribution in [0.15, 0.2) is 158 Å². The molecule has 9 aromatic rings. The van der Waals surface area contributed by atoms with Crippen LogP contribution < -0.4 is 0 Å². The van der Waals surface area contributed by atoms with Crippen molar-refractivity contribution in [2.24, 2.45) is 0 Å². The summed E-state index contributed by atoms with van der Waals surface area (Å²) >= 11 is 0. The van der Waals surface area contributed by atoms with E-state index in [4.69, 9.17) is 21.4 Å². The molecule has 0 aliphatic heterocycles. The van der Waals surface area contributed by atoms with E-state index in [0.29, 0.717) is 50.1 Å². The summed E-state index contributed by atoms with van der Waals surface area (Å²) < 4.78 is 115. The van der Waals surface area contributed by atoms with Crippen LogP contribution in [0.25, 0.3) is 83.9 Å². The summed E-state index contributed by atoms with van der Waals surface area (Å²) in [6.07, 6.45) is -0.613. The Morgan fingerprint density at radius 1 is 0.578 bits per heavy atom. The number of pyridine rings is 1. The minimum absolute atomic E-state index is 0.0342. The number of phenolic OH excluding ortho intramolecular Hbond substituents is 1. The number of para-hydroxylation sites is 1. The van der Waals surface area contributed by atoms with Crippen molar-refractivity contribution in [1.82, 2.24) is 14.5 Å². The maximum Gasteiger partial charge on any atom is 0.149 e. The highest BCUT2D eigenvalue weighted by Crippen LogP contribution is 2.44. The van der Waals surface area contributed by atoms with Crippen LogP contribution in [-0.2, 0) is 10.8 Å². The molecule has 0 amide bonds. The molecule has 64 heavy (non-hydrogen) atoms. The molecule has 4 heteroatoms. The smallest absolute Gasteiger partial charge is 0.149 e. The summed E-state index contributed by atoms with van der Waals surface area (Å²) in [5.74, 6) is 0.240. The van der Waals surface area contributed by atoms with Gasteiger partial charge >= 0.3 is 0 Å². The molecule has 0 atom stereocenters. The van der Waals surface area contributed by atoms with E-state index in [1.807, 2.05) is 113 Å². The van der Waals surface area contributed by atoms with Crippen LogP contribution in [0.3, 0.4) is 0 Å². The van der Waals surface area contributed by atoms with Crippen molar-refractivity contribution in [2.75, 3.05) is 0 Å². The van der Waals surface area contributed by atoms with Crippen LogP contribution in [-0.4, -0.2) is 19.6 Å². The van der Waals surface area contributed by atoms with Crippen molar-refractivity contribution in [3.8, 4) is 78.6 Å². The zero-order valence-corrected chi connectivity index (χ0v) is 37.3. The lowest BCUT2D eigenvalue weighted by Gasteiger charge is -2.26. The Bertz CT molecular complexity index is 3830. The third-order valence-electron chi connectivity index (χ3n) is 11.7. The van der Waals surface area contributed by atoms with Crippen molar-refractivity contribution in [3.05, 3.63) is 191 Å². The zero-order chi connectivity index (χ0) is 56.2. The number of hydrogen-bond donors (Lipinski definition) is 1. The second kappa shape index (κ2) is 16.3. The molecule has 0 saturated heterocycles. The molecule has 0 saturated carbocycles. The Kier molecular flexibility index (Phi) is 7.46. The molecule has 2 heterocycles. The second-order valence-electron chi connectivity index (χ2n) is 18.5. The molecule has 1 N–H and O–H groups in total. The molecule has 7 aromatic carbocycles. The zero-order valence-electron chi connectivity index (χ0n) is 50.3. The molecule has 0 radical (unpaired) electrons. The highest BCUT2D eigenvalue weighted by molar-refractivity contribution is 5.97. The van der Waals surface area contributed by atoms with E-state index in [0.717, 1.165) is 33.4 Å². The van der Waals surface area contributed by atoms with Gasteiger partial charge in [-0.1, -0.05) is 150 Å². The van der Waals surface area contributed by atoms with Gasteiger partial charge in [0.2, 0.25) is 0 Å². The Labute approximate surface area is 397 Å². The fourth-order valence-corrected chi connectivity index (χ4v) is 8.49. The molecule has 0 unspecified atom stereocenters. The van der Waals surface area contributed by atoms with Gasteiger partial charge in [-0.15, -0.1) is 0 Å². The Balaban J connectivity index is 1.33. The monoisotopic (exact) mass is 849 g/mol. The van der Waals surface area contributed by atoms with E-state index in [1.54, 1.807) is 29.7 Å². The molecule has 4 nitrogen and oxygen atoms in total. The third kappa shape index (κ3) is 7.94. The van der Waals surface area contributed by atoms with Gasteiger partial charge in [-0.05, 0) is 154 Å². The lowest BCUT2D eigenvalue weighted by molar-refractivity contribution is 0.472. The largest absolute Gasteiger partial charge is 0.507 e. The highest BCUT2D eigenvalue weighted by atomic mass is 16.3. The highest BCUT2D eigenvalue weighted by Gasteiger charge is 2.26. The summed E-state index contributed by atoms with van der Waals surface area (Å²) in [5.41, 5.74) is 7.23. The molecule has 0 aliphatic carbocycles. The number of phenols is 1. The normalized spacial score (nSPS) is 15.3. The van der Waals surface area contributed by atoms with Gasteiger partial charge in [0.25, 0.3) is 0 Å². The molecule has 318 valence electrons. The van der Waals surface area contributed by atoms with E-state index in [-0.39, 0.29) is 28.2 Å². The maximum atomic E-state index is 11.9. The SMILES string of the molecule is [2H]c1nc(-c2cc(-c3cccc4c3nc(-c3cc(C)cc(C)c3O)n4-c3ccc(-c4c(-c5ccccc5)cccc4C(C)(C)C)cc3C([2H])([2H])[2H])cc(C(C)(C)C)c2)c([2H])c(-c2c([2H])c([2H])c(C([2H])([2H])[2H])c([2H])c2[2H])c1[2H]. The summed E-state index contributed by atoms with van der Waals surface area (Å²) in [6.45, 7) is 10.4. The summed E-state index contributed by atoms with van der Waals surface area (Å²) in [5, 5.41) is 11.9. The fraction of sp³-hybridized carbons (Fsp3) is 0.200. The lowest BCUT2D eigenvalue weighted by Crippen LogP contribution is -2.13. The minimum atomic E-state index is -2.99. The molecule has 0 fully saturated rings. The third-order valence-corrected chi connectivity index (χ3v) is 11.7. The number of benzene rings is 7. The van der Waals surface area contributed by atoms with E-state index in [9.17, 15) is 6.48 Å². The first-order chi connectivity index (χ1) is 35.9. The average molecular weight is 849 g/mol. The first kappa shape index (κ1) is 29.3. The predicted molar refractivity (Wildman–Crippen MR) is 269 cm³/mol. The Morgan fingerprint density at radius 3 is 2.06 bits per heavy atom. The predicted octanol–water partition coefficient (Wildman–Crippen LogP) is 16.0. The van der Waals surface area contributed by atoms with Crippen LogP contribution in [0.1, 0.15) is 92.7 Å². The summed E-state index contributed by atoms with van der Waals surface area (Å²) in [7, 11) is 0. The number of rotatable bonds is 7. The fourth-order valence-electron chi connectivity index (χ4n) is 8.49. The summed E-state index contributed by atoms with van der Waals surface area (Å²) in [6, 6.07) is 32.0. The molecular weight excluding hydrogens is 779 g/mol. The van der Waals surface area contributed by atoms with Crippen LogP contribution in [0.4, 0.5) is 0 Å². The molecular formula is C60H57N3O. The number of aromatic hydroxyl groups is 1. The van der Waals surface area contributed by atoms with E-state index in [1.165, 1.54) is 0 Å². The van der Waals surface area contributed by atoms with Gasteiger partial charge in [0.15, 0.2) is 0 Å². The van der Waals surface area contributed by atoms with Crippen LogP contribution in [0, 0.1) is 27.6 Å². The van der Waals surface area contributed by atoms with E-state index in [2.05, 4.69) is 37.9 Å². The number of fused-ring (bicyclic) bond motifs is 1. The van der Waals surface area contributed by atoms with E-state index >= 15 is 0 Å². The van der Waals surface area contributed by atoms with Gasteiger partial charge in [0.05, 0.1) is 37.6 Å². The standard InChI is InChI=1S/C60H57N3O/c1-37-22-24-41(25-23-37)43-28-29-61-52(36-43)46-33-45(34-47(35-46)59(5,6)7)49-19-15-21-54-56(49)62-58(50-31-38(2)30-40(4)57(50)64)63(54)53-27-26-44(32-39(53)3)55-48(42-16-12-11-13-17-42)18-14-20-51(55)60(8,9)10/h11-36,64H,1-10H3/i1D3,3D3,22D,23D,24D,25D,28D,29D,36D. The molecule has 0 aliphatic rings. The van der Waals surface area contributed by atoms with Gasteiger partial charge in [-0.2, -0.15) is 0 Å². The van der Waals surface area contributed by atoms with Crippen molar-refractivity contribution >= 4 is 11.0 Å². The van der Waals surface area contributed by atoms with E-state index < -0.39 is 78.2 Å². The van der Waals surface area contributed by atoms with Crippen LogP contribution in [0.5, 0.6) is 5.75 Å². The number of imidazole rings is 1. The minimum Gasteiger partial charge on any atom is -0.507 e. The first-order valence-electron chi connectivity index (χ1n) is 27.8. The Morgan fingerprint density at radius 2 is 1.33 bits per heavy atom. The number of nitrogens with zero attached hydrogens (tertiary/aromatic N) is 3. The second-order valence-corrected chi connectivity index (χ2v) is 18.5. The van der Waals surface area contributed by atoms with Gasteiger partial charge in [-0.3, -0.25) is 9.55 Å². The molecule has 0 spiro atoms. The van der Waals surface area contributed by atoms with Gasteiger partial charge < -0.3 is 5.11 Å². The van der Waals surface area contributed by atoms with Gasteiger partial charge in [0.1, 0.15) is 11.6 Å². The quantitative estimate of drug-likeness (QED) is 0.174. The van der Waals surface area contributed by atoms with Crippen LogP contribution in [0.2, 0.25) is 0 Å². The summed E-state index contributed by atoms with van der Waals surface area (Å²) in [4.78, 5) is 9.75. The number of aromatic nitrogens is 3. The van der Waals surface area contributed by atoms with Crippen molar-refractivity contribution < 1.29 is 22.9 Å². The van der Waals surface area contributed by atoms with Crippen molar-refractivity contribution in [3.63, 3.8) is 0 Å². The average Bonchev–Trinajstić information content (AvgIpc) is 3.77.